The third kappa shape index (κ3) is 3.29. The standard InChI is InChI=1S/C17H16F3N3O3/c1-10-3-2-4-12(7-10)23-14(17(18,19)20)13(8-21-23)15(24)22-6-5-11(9-22)16(25)26/h2-4,7-8,11H,5-6,9H2,1H3,(H,25,26). The number of carboxylic acid groups (broad SMARTS) is 1. The highest BCUT2D eigenvalue weighted by molar-refractivity contribution is 5.96. The quantitative estimate of drug-likeness (QED) is 0.905. The number of carboxylic acids is 1. The lowest BCUT2D eigenvalue weighted by Crippen LogP contribution is -2.31. The van der Waals surface area contributed by atoms with Gasteiger partial charge in [0.05, 0.1) is 23.4 Å². The van der Waals surface area contributed by atoms with Crippen LogP contribution in [-0.2, 0) is 11.0 Å². The van der Waals surface area contributed by atoms with Crippen LogP contribution in [0.15, 0.2) is 30.5 Å². The third-order valence-corrected chi connectivity index (χ3v) is 4.34. The molecule has 0 aliphatic carbocycles. The van der Waals surface area contributed by atoms with Gasteiger partial charge in [0.2, 0.25) is 0 Å². The molecule has 138 valence electrons. The van der Waals surface area contributed by atoms with Crippen molar-refractivity contribution < 1.29 is 27.9 Å². The van der Waals surface area contributed by atoms with Gasteiger partial charge in [-0.05, 0) is 31.0 Å². The minimum atomic E-state index is -4.79. The van der Waals surface area contributed by atoms with Gasteiger partial charge in [0.1, 0.15) is 0 Å². The Kier molecular flexibility index (Phi) is 4.47. The minimum absolute atomic E-state index is 0.0999. The molecule has 3 rings (SSSR count). The van der Waals surface area contributed by atoms with Crippen LogP contribution in [0.25, 0.3) is 5.69 Å². The monoisotopic (exact) mass is 367 g/mol. The summed E-state index contributed by atoms with van der Waals surface area (Å²) in [5.74, 6) is -2.69. The maximum absolute atomic E-state index is 13.7. The van der Waals surface area contributed by atoms with Gasteiger partial charge in [-0.2, -0.15) is 18.3 Å². The van der Waals surface area contributed by atoms with E-state index in [-0.39, 0.29) is 25.2 Å². The molecule has 1 unspecified atom stereocenters. The van der Waals surface area contributed by atoms with Crippen LogP contribution in [0.3, 0.4) is 0 Å². The summed E-state index contributed by atoms with van der Waals surface area (Å²) in [6, 6.07) is 6.35. The van der Waals surface area contributed by atoms with Crippen molar-refractivity contribution in [3.63, 3.8) is 0 Å². The zero-order valence-corrected chi connectivity index (χ0v) is 13.8. The van der Waals surface area contributed by atoms with E-state index in [2.05, 4.69) is 5.10 Å². The smallest absolute Gasteiger partial charge is 0.434 e. The molecule has 6 nitrogen and oxygen atoms in total. The van der Waals surface area contributed by atoms with Crippen LogP contribution < -0.4 is 0 Å². The molecule has 1 atom stereocenters. The highest BCUT2D eigenvalue weighted by atomic mass is 19.4. The van der Waals surface area contributed by atoms with Crippen LogP contribution in [0.1, 0.15) is 28.0 Å². The van der Waals surface area contributed by atoms with E-state index in [1.807, 2.05) is 0 Å². The van der Waals surface area contributed by atoms with Crippen LogP contribution >= 0.6 is 0 Å². The largest absolute Gasteiger partial charge is 0.481 e. The highest BCUT2D eigenvalue weighted by Gasteiger charge is 2.42. The summed E-state index contributed by atoms with van der Waals surface area (Å²) < 4.78 is 41.7. The first kappa shape index (κ1) is 18.0. The van der Waals surface area contributed by atoms with Crippen molar-refractivity contribution >= 4 is 11.9 Å². The van der Waals surface area contributed by atoms with Gasteiger partial charge < -0.3 is 10.0 Å². The first-order valence-corrected chi connectivity index (χ1v) is 7.93. The summed E-state index contributed by atoms with van der Waals surface area (Å²) in [4.78, 5) is 24.7. The first-order valence-electron chi connectivity index (χ1n) is 7.93. The van der Waals surface area contributed by atoms with Gasteiger partial charge in [-0.15, -0.1) is 0 Å². The van der Waals surface area contributed by atoms with E-state index in [0.717, 1.165) is 16.7 Å². The summed E-state index contributed by atoms with van der Waals surface area (Å²) >= 11 is 0. The molecule has 1 fully saturated rings. The number of likely N-dealkylation sites (tertiary alicyclic amines) is 1. The zero-order valence-electron chi connectivity index (χ0n) is 13.8. The van der Waals surface area contributed by atoms with E-state index in [1.165, 1.54) is 12.1 Å². The number of benzene rings is 1. The molecular weight excluding hydrogens is 351 g/mol. The van der Waals surface area contributed by atoms with Crippen LogP contribution in [-0.4, -0.2) is 44.8 Å². The maximum atomic E-state index is 13.7. The average Bonchev–Trinajstić information content (AvgIpc) is 3.21. The highest BCUT2D eigenvalue weighted by Crippen LogP contribution is 2.35. The Balaban J connectivity index is 2.01. The van der Waals surface area contributed by atoms with Crippen LogP contribution in [0.4, 0.5) is 13.2 Å². The Hall–Kier alpha value is -2.84. The van der Waals surface area contributed by atoms with Gasteiger partial charge in [0, 0.05) is 13.1 Å². The lowest BCUT2D eigenvalue weighted by molar-refractivity contribution is -0.143. The Labute approximate surface area is 146 Å². The number of rotatable bonds is 3. The fourth-order valence-electron chi connectivity index (χ4n) is 3.05. The fraction of sp³-hybridized carbons (Fsp3) is 0.353. The van der Waals surface area contributed by atoms with Crippen LogP contribution in [0, 0.1) is 12.8 Å². The number of aromatic nitrogens is 2. The summed E-state index contributed by atoms with van der Waals surface area (Å²) in [6.45, 7) is 1.73. The topological polar surface area (TPSA) is 75.4 Å². The number of carbonyl (C=O) groups excluding carboxylic acids is 1. The number of halogens is 3. The van der Waals surface area contributed by atoms with E-state index in [4.69, 9.17) is 5.11 Å². The SMILES string of the molecule is Cc1cccc(-n2ncc(C(=O)N3CCC(C(=O)O)C3)c2C(F)(F)F)c1. The molecule has 1 aromatic carbocycles. The van der Waals surface area contributed by atoms with Crippen molar-refractivity contribution in [2.45, 2.75) is 19.5 Å². The molecule has 1 amide bonds. The second-order valence-electron chi connectivity index (χ2n) is 6.23. The molecule has 1 N–H and O–H groups in total. The third-order valence-electron chi connectivity index (χ3n) is 4.34. The van der Waals surface area contributed by atoms with Gasteiger partial charge >= 0.3 is 12.1 Å². The van der Waals surface area contributed by atoms with Crippen LogP contribution in [0.2, 0.25) is 0 Å². The van der Waals surface area contributed by atoms with Gasteiger partial charge in [0.15, 0.2) is 5.69 Å². The summed E-state index contributed by atoms with van der Waals surface area (Å²) in [6.07, 6.45) is -3.69. The van der Waals surface area contributed by atoms with Gasteiger partial charge in [-0.3, -0.25) is 9.59 Å². The molecule has 1 aliphatic rings. The zero-order chi connectivity index (χ0) is 19.1. The molecule has 9 heteroatoms. The number of hydrogen-bond donors (Lipinski definition) is 1. The molecule has 1 aliphatic heterocycles. The summed E-state index contributed by atoms with van der Waals surface area (Å²) in [5.41, 5.74) is -0.791. The molecule has 0 radical (unpaired) electrons. The Morgan fingerprint density at radius 3 is 2.62 bits per heavy atom. The van der Waals surface area contributed by atoms with Crippen molar-refractivity contribution in [3.05, 3.63) is 47.3 Å². The number of alkyl halides is 3. The summed E-state index contributed by atoms with van der Waals surface area (Å²) in [7, 11) is 0. The summed E-state index contributed by atoms with van der Waals surface area (Å²) in [5, 5.41) is 12.8. The first-order chi connectivity index (χ1) is 12.2. The molecule has 2 aromatic rings. The number of aliphatic carboxylic acids is 1. The van der Waals surface area contributed by atoms with Crippen LogP contribution in [0.5, 0.6) is 0 Å². The van der Waals surface area contributed by atoms with E-state index in [9.17, 15) is 22.8 Å². The number of amides is 1. The number of nitrogens with zero attached hydrogens (tertiary/aromatic N) is 3. The van der Waals surface area contributed by atoms with E-state index >= 15 is 0 Å². The molecule has 0 bridgehead atoms. The predicted octanol–water partition coefficient (Wildman–Crippen LogP) is 2.75. The average molecular weight is 367 g/mol. The second kappa shape index (κ2) is 6.47. The molecule has 1 saturated heterocycles. The maximum Gasteiger partial charge on any atom is 0.434 e. The van der Waals surface area contributed by atoms with Crippen molar-refractivity contribution in [2.24, 2.45) is 5.92 Å². The fourth-order valence-corrected chi connectivity index (χ4v) is 3.05. The number of carbonyl (C=O) groups is 2. The minimum Gasteiger partial charge on any atom is -0.481 e. The van der Waals surface area contributed by atoms with E-state index < -0.39 is 35.2 Å². The van der Waals surface area contributed by atoms with E-state index in [1.54, 1.807) is 19.1 Å². The van der Waals surface area contributed by atoms with Gasteiger partial charge in [-0.1, -0.05) is 12.1 Å². The van der Waals surface area contributed by atoms with Gasteiger partial charge in [-0.25, -0.2) is 4.68 Å². The van der Waals surface area contributed by atoms with Crippen molar-refractivity contribution in [3.8, 4) is 5.69 Å². The molecule has 0 spiro atoms. The predicted molar refractivity (Wildman–Crippen MR) is 84.9 cm³/mol. The Morgan fingerprint density at radius 2 is 2.04 bits per heavy atom. The normalized spacial score (nSPS) is 17.5. The van der Waals surface area contributed by atoms with Crippen molar-refractivity contribution in [2.75, 3.05) is 13.1 Å². The molecule has 26 heavy (non-hydrogen) atoms. The number of aryl methyl sites for hydroxylation is 1. The molecular formula is C17H16F3N3O3. The number of hydrogen-bond acceptors (Lipinski definition) is 3. The lowest BCUT2D eigenvalue weighted by atomic mass is 10.1. The lowest BCUT2D eigenvalue weighted by Gasteiger charge is -2.17. The van der Waals surface area contributed by atoms with Gasteiger partial charge in [0.25, 0.3) is 5.91 Å². The second-order valence-corrected chi connectivity index (χ2v) is 6.23. The Bertz CT molecular complexity index is 860. The molecule has 1 aromatic heterocycles. The Morgan fingerprint density at radius 1 is 1.31 bits per heavy atom. The van der Waals surface area contributed by atoms with Crippen molar-refractivity contribution in [1.82, 2.24) is 14.7 Å². The molecule has 2 heterocycles. The van der Waals surface area contributed by atoms with Crippen molar-refractivity contribution in [1.29, 1.82) is 0 Å². The van der Waals surface area contributed by atoms with E-state index in [0.29, 0.717) is 4.68 Å². The molecule has 0 saturated carbocycles.